The van der Waals surface area contributed by atoms with Crippen LogP contribution in [0.1, 0.15) is 107 Å². The summed E-state index contributed by atoms with van der Waals surface area (Å²) < 4.78 is 10.4. The second-order valence-electron chi connectivity index (χ2n) is 7.69. The summed E-state index contributed by atoms with van der Waals surface area (Å²) in [4.78, 5) is 11.5. The normalized spacial score (nSPS) is 10.8. The SMILES string of the molecule is CCCCCCCCCCCCCCCCOc1ccc(C(=O)OC)cc1N. The summed E-state index contributed by atoms with van der Waals surface area (Å²) in [5.41, 5.74) is 6.87. The summed E-state index contributed by atoms with van der Waals surface area (Å²) in [6.45, 7) is 2.94. The highest BCUT2D eigenvalue weighted by molar-refractivity contribution is 5.90. The first-order valence-corrected chi connectivity index (χ1v) is 11.3. The molecule has 1 aromatic carbocycles. The highest BCUT2D eigenvalue weighted by atomic mass is 16.5. The fourth-order valence-electron chi connectivity index (χ4n) is 3.40. The highest BCUT2D eigenvalue weighted by Crippen LogP contribution is 2.23. The zero-order chi connectivity index (χ0) is 20.5. The van der Waals surface area contributed by atoms with Crippen molar-refractivity contribution in [3.63, 3.8) is 0 Å². The summed E-state index contributed by atoms with van der Waals surface area (Å²) in [5, 5.41) is 0. The van der Waals surface area contributed by atoms with Crippen molar-refractivity contribution in [2.75, 3.05) is 19.5 Å². The van der Waals surface area contributed by atoms with Crippen LogP contribution in [0.3, 0.4) is 0 Å². The van der Waals surface area contributed by atoms with Gasteiger partial charge in [0.05, 0.1) is 25.0 Å². The molecular weight excluding hydrogens is 350 g/mol. The number of hydrogen-bond acceptors (Lipinski definition) is 4. The van der Waals surface area contributed by atoms with E-state index in [1.807, 2.05) is 0 Å². The third kappa shape index (κ3) is 11.2. The van der Waals surface area contributed by atoms with Crippen LogP contribution in [0, 0.1) is 0 Å². The van der Waals surface area contributed by atoms with Gasteiger partial charge in [0.1, 0.15) is 5.75 Å². The molecule has 2 N–H and O–H groups in total. The summed E-state index contributed by atoms with van der Waals surface area (Å²) in [6.07, 6.45) is 18.8. The molecule has 4 nitrogen and oxygen atoms in total. The molecule has 0 atom stereocenters. The molecule has 1 rings (SSSR count). The van der Waals surface area contributed by atoms with Crippen molar-refractivity contribution in [1.29, 1.82) is 0 Å². The van der Waals surface area contributed by atoms with Gasteiger partial charge in [0, 0.05) is 0 Å². The largest absolute Gasteiger partial charge is 0.491 e. The molecule has 0 aromatic heterocycles. The second-order valence-corrected chi connectivity index (χ2v) is 7.69. The Morgan fingerprint density at radius 3 is 1.79 bits per heavy atom. The van der Waals surface area contributed by atoms with Crippen molar-refractivity contribution in [2.24, 2.45) is 0 Å². The quantitative estimate of drug-likeness (QED) is 0.178. The smallest absolute Gasteiger partial charge is 0.337 e. The van der Waals surface area contributed by atoms with Crippen LogP contribution in [0.2, 0.25) is 0 Å². The number of benzene rings is 1. The Morgan fingerprint density at radius 2 is 1.32 bits per heavy atom. The summed E-state index contributed by atoms with van der Waals surface area (Å²) in [7, 11) is 1.36. The lowest BCUT2D eigenvalue weighted by Gasteiger charge is -2.10. The van der Waals surface area contributed by atoms with E-state index >= 15 is 0 Å². The molecule has 0 bridgehead atoms. The summed E-state index contributed by atoms with van der Waals surface area (Å²) >= 11 is 0. The zero-order valence-corrected chi connectivity index (χ0v) is 18.1. The van der Waals surface area contributed by atoms with E-state index in [2.05, 4.69) is 11.7 Å². The molecule has 0 saturated carbocycles. The molecular formula is C24H41NO3. The van der Waals surface area contributed by atoms with E-state index in [1.165, 1.54) is 90.6 Å². The first kappa shape index (κ1) is 24.3. The van der Waals surface area contributed by atoms with Crippen LogP contribution in [0.4, 0.5) is 5.69 Å². The molecule has 4 heteroatoms. The van der Waals surface area contributed by atoms with Crippen molar-refractivity contribution in [3.8, 4) is 5.75 Å². The lowest BCUT2D eigenvalue weighted by atomic mass is 10.0. The molecule has 0 fully saturated rings. The highest BCUT2D eigenvalue weighted by Gasteiger charge is 2.08. The van der Waals surface area contributed by atoms with Crippen molar-refractivity contribution in [3.05, 3.63) is 23.8 Å². The van der Waals surface area contributed by atoms with Crippen LogP contribution in [-0.2, 0) is 4.74 Å². The van der Waals surface area contributed by atoms with Gasteiger partial charge in [0.15, 0.2) is 0 Å². The van der Waals surface area contributed by atoms with Gasteiger partial charge in [0.25, 0.3) is 0 Å². The maximum atomic E-state index is 11.5. The Morgan fingerprint density at radius 1 is 0.821 bits per heavy atom. The van der Waals surface area contributed by atoms with Crippen LogP contribution in [0.15, 0.2) is 18.2 Å². The van der Waals surface area contributed by atoms with Crippen molar-refractivity contribution < 1.29 is 14.3 Å². The number of unbranched alkanes of at least 4 members (excludes halogenated alkanes) is 13. The third-order valence-electron chi connectivity index (χ3n) is 5.19. The maximum absolute atomic E-state index is 11.5. The predicted molar refractivity (Wildman–Crippen MR) is 118 cm³/mol. The topological polar surface area (TPSA) is 61.5 Å². The monoisotopic (exact) mass is 391 g/mol. The van der Waals surface area contributed by atoms with Gasteiger partial charge in [-0.1, -0.05) is 90.4 Å². The molecule has 28 heavy (non-hydrogen) atoms. The number of hydrogen-bond donors (Lipinski definition) is 1. The zero-order valence-electron chi connectivity index (χ0n) is 18.1. The van der Waals surface area contributed by atoms with Gasteiger partial charge in [0.2, 0.25) is 0 Å². The molecule has 0 aliphatic heterocycles. The number of ether oxygens (including phenoxy) is 2. The van der Waals surface area contributed by atoms with Gasteiger partial charge in [-0.05, 0) is 24.6 Å². The number of rotatable bonds is 17. The molecule has 0 amide bonds. The van der Waals surface area contributed by atoms with Crippen LogP contribution < -0.4 is 10.5 Å². The van der Waals surface area contributed by atoms with Gasteiger partial charge >= 0.3 is 5.97 Å². The van der Waals surface area contributed by atoms with Gasteiger partial charge < -0.3 is 15.2 Å². The fourth-order valence-corrected chi connectivity index (χ4v) is 3.40. The maximum Gasteiger partial charge on any atom is 0.337 e. The first-order valence-electron chi connectivity index (χ1n) is 11.3. The van der Waals surface area contributed by atoms with Gasteiger partial charge in [-0.2, -0.15) is 0 Å². The molecule has 0 aliphatic rings. The van der Waals surface area contributed by atoms with E-state index < -0.39 is 0 Å². The van der Waals surface area contributed by atoms with Crippen molar-refractivity contribution in [2.45, 2.75) is 96.8 Å². The average molecular weight is 392 g/mol. The van der Waals surface area contributed by atoms with Crippen LogP contribution >= 0.6 is 0 Å². The fraction of sp³-hybridized carbons (Fsp3) is 0.708. The number of methoxy groups -OCH3 is 1. The minimum absolute atomic E-state index is 0.384. The predicted octanol–water partition coefficient (Wildman–Crippen LogP) is 6.92. The van der Waals surface area contributed by atoms with E-state index in [4.69, 9.17) is 10.5 Å². The Kier molecular flexibility index (Phi) is 14.1. The number of esters is 1. The molecule has 0 aliphatic carbocycles. The number of anilines is 1. The summed E-state index contributed by atoms with van der Waals surface area (Å²) in [5.74, 6) is 0.257. The Hall–Kier alpha value is -1.71. The number of nitrogen functional groups attached to an aromatic ring is 1. The van der Waals surface area contributed by atoms with E-state index in [0.717, 1.165) is 6.42 Å². The van der Waals surface area contributed by atoms with E-state index in [-0.39, 0.29) is 5.97 Å². The van der Waals surface area contributed by atoms with E-state index in [1.54, 1.807) is 18.2 Å². The standard InChI is InChI=1S/C24H41NO3/c1-3-4-5-6-7-8-9-10-11-12-13-14-15-16-19-28-23-18-17-21(20-22(23)25)24(26)27-2/h17-18,20H,3-16,19,25H2,1-2H3. The lowest BCUT2D eigenvalue weighted by Crippen LogP contribution is -2.04. The second kappa shape index (κ2) is 16.3. The number of nitrogens with two attached hydrogens (primary N) is 1. The summed E-state index contributed by atoms with van der Waals surface area (Å²) in [6, 6.07) is 5.03. The Balaban J connectivity index is 1.93. The number of carbonyl (C=O) groups is 1. The van der Waals surface area contributed by atoms with E-state index in [0.29, 0.717) is 23.6 Å². The molecule has 0 spiro atoms. The van der Waals surface area contributed by atoms with Gasteiger partial charge in [-0.15, -0.1) is 0 Å². The molecule has 0 saturated heterocycles. The van der Waals surface area contributed by atoms with Crippen molar-refractivity contribution >= 4 is 11.7 Å². The van der Waals surface area contributed by atoms with Crippen LogP contribution in [-0.4, -0.2) is 19.7 Å². The average Bonchev–Trinajstić information content (AvgIpc) is 2.71. The minimum Gasteiger partial charge on any atom is -0.491 e. The van der Waals surface area contributed by atoms with E-state index in [9.17, 15) is 4.79 Å². The molecule has 0 heterocycles. The first-order chi connectivity index (χ1) is 13.7. The third-order valence-corrected chi connectivity index (χ3v) is 5.19. The minimum atomic E-state index is -0.384. The molecule has 0 unspecified atom stereocenters. The van der Waals surface area contributed by atoms with Crippen molar-refractivity contribution in [1.82, 2.24) is 0 Å². The van der Waals surface area contributed by atoms with Gasteiger partial charge in [-0.3, -0.25) is 0 Å². The Bertz CT molecular complexity index is 531. The Labute approximate surface area is 172 Å². The van der Waals surface area contributed by atoms with Crippen LogP contribution in [0.25, 0.3) is 0 Å². The van der Waals surface area contributed by atoms with Gasteiger partial charge in [-0.25, -0.2) is 4.79 Å². The van der Waals surface area contributed by atoms with Crippen LogP contribution in [0.5, 0.6) is 5.75 Å². The number of carbonyl (C=O) groups excluding carboxylic acids is 1. The molecule has 0 radical (unpaired) electrons. The molecule has 1 aromatic rings. The molecule has 160 valence electrons. The lowest BCUT2D eigenvalue weighted by molar-refractivity contribution is 0.0600.